The molecule has 0 fully saturated rings. The molecule has 0 radical (unpaired) electrons. The van der Waals surface area contributed by atoms with Crippen LogP contribution in [0.25, 0.3) is 17.2 Å². The number of amides is 1. The number of aromatic nitrogens is 1. The van der Waals surface area contributed by atoms with Crippen LogP contribution in [-0.4, -0.2) is 11.1 Å². The quantitative estimate of drug-likeness (QED) is 0.672. The molecule has 0 aliphatic carbocycles. The van der Waals surface area contributed by atoms with Crippen molar-refractivity contribution in [2.75, 3.05) is 0 Å². The standard InChI is InChI=1S/C22H22N2O2/c1-15(23-21(25)13-12-18-8-5-4-6-9-18)19-10-7-11-20(14-19)22-16(2)24-26-17(22)3/h4-15H,1-3H3,(H,23,25)/b13-12+/t15-/m0/s1. The Kier molecular flexibility index (Phi) is 5.32. The van der Waals surface area contributed by atoms with Crippen molar-refractivity contribution in [3.63, 3.8) is 0 Å². The number of nitrogens with zero attached hydrogens (tertiary/aromatic N) is 1. The molecule has 1 N–H and O–H groups in total. The van der Waals surface area contributed by atoms with Gasteiger partial charge in [-0.05, 0) is 49.6 Å². The fraction of sp³-hybridized carbons (Fsp3) is 0.182. The minimum absolute atomic E-state index is 0.108. The number of carbonyl (C=O) groups excluding carboxylic acids is 1. The number of hydrogen-bond donors (Lipinski definition) is 1. The lowest BCUT2D eigenvalue weighted by Gasteiger charge is -2.14. The highest BCUT2D eigenvalue weighted by Gasteiger charge is 2.14. The normalized spacial score (nSPS) is 12.3. The molecule has 4 heteroatoms. The predicted molar refractivity (Wildman–Crippen MR) is 103 cm³/mol. The summed E-state index contributed by atoms with van der Waals surface area (Å²) in [7, 11) is 0. The Labute approximate surface area is 153 Å². The molecule has 0 bridgehead atoms. The second-order valence-corrected chi connectivity index (χ2v) is 6.30. The topological polar surface area (TPSA) is 55.1 Å². The summed E-state index contributed by atoms with van der Waals surface area (Å²) < 4.78 is 5.26. The van der Waals surface area contributed by atoms with E-state index < -0.39 is 0 Å². The average Bonchev–Trinajstić information content (AvgIpc) is 2.99. The van der Waals surface area contributed by atoms with E-state index in [0.29, 0.717) is 0 Å². The summed E-state index contributed by atoms with van der Waals surface area (Å²) in [6.07, 6.45) is 3.37. The van der Waals surface area contributed by atoms with Gasteiger partial charge in [0.1, 0.15) is 5.76 Å². The molecule has 4 nitrogen and oxygen atoms in total. The average molecular weight is 346 g/mol. The summed E-state index contributed by atoms with van der Waals surface area (Å²) in [5.41, 5.74) is 4.94. The van der Waals surface area contributed by atoms with Crippen LogP contribution >= 0.6 is 0 Å². The zero-order valence-corrected chi connectivity index (χ0v) is 15.2. The molecule has 3 aromatic rings. The van der Waals surface area contributed by atoms with Gasteiger partial charge in [-0.15, -0.1) is 0 Å². The molecular formula is C22H22N2O2. The lowest BCUT2D eigenvalue weighted by atomic mass is 9.99. The Balaban J connectivity index is 1.72. The van der Waals surface area contributed by atoms with Crippen LogP contribution in [0.3, 0.4) is 0 Å². The SMILES string of the molecule is Cc1noc(C)c1-c1cccc([C@H](C)NC(=O)/C=C/c2ccccc2)c1. The highest BCUT2D eigenvalue weighted by Crippen LogP contribution is 2.28. The molecule has 1 aromatic heterocycles. The molecule has 0 aliphatic heterocycles. The first kappa shape index (κ1) is 17.7. The monoisotopic (exact) mass is 346 g/mol. The molecule has 0 spiro atoms. The summed E-state index contributed by atoms with van der Waals surface area (Å²) in [6.45, 7) is 5.81. The first-order chi connectivity index (χ1) is 12.5. The molecule has 0 saturated carbocycles. The van der Waals surface area contributed by atoms with Gasteiger partial charge in [0.2, 0.25) is 5.91 Å². The maximum absolute atomic E-state index is 12.2. The van der Waals surface area contributed by atoms with E-state index in [1.54, 1.807) is 6.08 Å². The Morgan fingerprint density at radius 1 is 1.12 bits per heavy atom. The van der Waals surface area contributed by atoms with Crippen molar-refractivity contribution in [2.24, 2.45) is 0 Å². The van der Waals surface area contributed by atoms with E-state index in [4.69, 9.17) is 4.52 Å². The first-order valence-electron chi connectivity index (χ1n) is 8.61. The maximum atomic E-state index is 12.2. The number of hydrogen-bond acceptors (Lipinski definition) is 3. The molecule has 0 unspecified atom stereocenters. The first-order valence-corrected chi connectivity index (χ1v) is 8.61. The fourth-order valence-electron chi connectivity index (χ4n) is 2.94. The van der Waals surface area contributed by atoms with Crippen molar-refractivity contribution in [1.29, 1.82) is 0 Å². The van der Waals surface area contributed by atoms with Gasteiger partial charge in [-0.2, -0.15) is 0 Å². The Hall–Kier alpha value is -3.14. The van der Waals surface area contributed by atoms with Gasteiger partial charge in [-0.1, -0.05) is 53.7 Å². The van der Waals surface area contributed by atoms with Crippen LogP contribution in [-0.2, 0) is 4.79 Å². The molecule has 1 amide bonds. The van der Waals surface area contributed by atoms with Crippen molar-refractivity contribution >= 4 is 12.0 Å². The molecule has 0 saturated heterocycles. The van der Waals surface area contributed by atoms with E-state index in [-0.39, 0.29) is 11.9 Å². The van der Waals surface area contributed by atoms with Crippen LogP contribution in [0.4, 0.5) is 0 Å². The highest BCUT2D eigenvalue weighted by atomic mass is 16.5. The summed E-state index contributed by atoms with van der Waals surface area (Å²) in [6, 6.07) is 17.7. The molecule has 3 rings (SSSR count). The van der Waals surface area contributed by atoms with Crippen molar-refractivity contribution in [1.82, 2.24) is 10.5 Å². The highest BCUT2D eigenvalue weighted by molar-refractivity contribution is 5.92. The van der Waals surface area contributed by atoms with Gasteiger partial charge in [0.15, 0.2) is 0 Å². The lowest BCUT2D eigenvalue weighted by Crippen LogP contribution is -2.24. The van der Waals surface area contributed by atoms with Crippen LogP contribution in [0.2, 0.25) is 0 Å². The third-order valence-corrected chi connectivity index (χ3v) is 4.29. The number of carbonyl (C=O) groups is 1. The number of nitrogens with one attached hydrogen (secondary N) is 1. The zero-order chi connectivity index (χ0) is 18.5. The van der Waals surface area contributed by atoms with E-state index >= 15 is 0 Å². The van der Waals surface area contributed by atoms with E-state index in [1.165, 1.54) is 0 Å². The molecular weight excluding hydrogens is 324 g/mol. The van der Waals surface area contributed by atoms with Crippen LogP contribution in [0.5, 0.6) is 0 Å². The molecule has 132 valence electrons. The molecule has 2 aromatic carbocycles. The van der Waals surface area contributed by atoms with Gasteiger partial charge in [0, 0.05) is 11.6 Å². The summed E-state index contributed by atoms with van der Waals surface area (Å²) in [4.78, 5) is 12.2. The third kappa shape index (κ3) is 4.09. The van der Waals surface area contributed by atoms with Gasteiger partial charge < -0.3 is 9.84 Å². The Morgan fingerprint density at radius 3 is 2.58 bits per heavy atom. The van der Waals surface area contributed by atoms with Gasteiger partial charge in [0.25, 0.3) is 0 Å². The van der Waals surface area contributed by atoms with Crippen molar-refractivity contribution in [3.05, 3.63) is 83.3 Å². The molecule has 0 aliphatic rings. The second kappa shape index (κ2) is 7.83. The van der Waals surface area contributed by atoms with E-state index in [1.807, 2.05) is 75.4 Å². The van der Waals surface area contributed by atoms with E-state index in [0.717, 1.165) is 33.7 Å². The summed E-state index contributed by atoms with van der Waals surface area (Å²) >= 11 is 0. The predicted octanol–water partition coefficient (Wildman–Crippen LogP) is 4.85. The van der Waals surface area contributed by atoms with E-state index in [9.17, 15) is 4.79 Å². The van der Waals surface area contributed by atoms with Gasteiger partial charge >= 0.3 is 0 Å². The van der Waals surface area contributed by atoms with Crippen LogP contribution < -0.4 is 5.32 Å². The van der Waals surface area contributed by atoms with Crippen LogP contribution in [0.1, 0.15) is 35.5 Å². The van der Waals surface area contributed by atoms with Crippen molar-refractivity contribution < 1.29 is 9.32 Å². The van der Waals surface area contributed by atoms with Crippen LogP contribution in [0, 0.1) is 13.8 Å². The Morgan fingerprint density at radius 2 is 1.88 bits per heavy atom. The fourth-order valence-corrected chi connectivity index (χ4v) is 2.94. The van der Waals surface area contributed by atoms with Crippen molar-refractivity contribution in [3.8, 4) is 11.1 Å². The Bertz CT molecular complexity index is 907. The smallest absolute Gasteiger partial charge is 0.244 e. The molecule has 26 heavy (non-hydrogen) atoms. The number of rotatable bonds is 5. The lowest BCUT2D eigenvalue weighted by molar-refractivity contribution is -0.117. The molecule has 1 atom stereocenters. The summed E-state index contributed by atoms with van der Waals surface area (Å²) in [5.74, 6) is 0.672. The van der Waals surface area contributed by atoms with Gasteiger partial charge in [0.05, 0.1) is 11.7 Å². The van der Waals surface area contributed by atoms with E-state index in [2.05, 4.69) is 16.5 Å². The second-order valence-electron chi connectivity index (χ2n) is 6.30. The third-order valence-electron chi connectivity index (χ3n) is 4.29. The number of benzene rings is 2. The van der Waals surface area contributed by atoms with Gasteiger partial charge in [-0.3, -0.25) is 4.79 Å². The van der Waals surface area contributed by atoms with Crippen LogP contribution in [0.15, 0.2) is 65.2 Å². The summed E-state index contributed by atoms with van der Waals surface area (Å²) in [5, 5.41) is 7.02. The molecule has 1 heterocycles. The maximum Gasteiger partial charge on any atom is 0.244 e. The van der Waals surface area contributed by atoms with Crippen molar-refractivity contribution in [2.45, 2.75) is 26.8 Å². The zero-order valence-electron chi connectivity index (χ0n) is 15.2. The number of aryl methyl sites for hydroxylation is 2. The largest absolute Gasteiger partial charge is 0.361 e. The van der Waals surface area contributed by atoms with Gasteiger partial charge in [-0.25, -0.2) is 0 Å². The minimum atomic E-state index is -0.121. The minimum Gasteiger partial charge on any atom is -0.361 e.